The number of nitrogens with one attached hydrogen (secondary N) is 1. The normalized spacial score (nSPS) is 9.93. The highest BCUT2D eigenvalue weighted by Gasteiger charge is 1.92. The molecule has 0 saturated heterocycles. The summed E-state index contributed by atoms with van der Waals surface area (Å²) < 4.78 is 1.02. The summed E-state index contributed by atoms with van der Waals surface area (Å²) >= 11 is 3.35. The number of hydrogen-bond donors (Lipinski definition) is 1. The molecule has 14 heavy (non-hydrogen) atoms. The summed E-state index contributed by atoms with van der Waals surface area (Å²) in [7, 11) is 0. The van der Waals surface area contributed by atoms with E-state index in [4.69, 9.17) is 0 Å². The zero-order chi connectivity index (χ0) is 10.4. The van der Waals surface area contributed by atoms with Crippen LogP contribution in [0.1, 0.15) is 19.5 Å². The Balaban J connectivity index is 2.32. The molecule has 0 bridgehead atoms. The monoisotopic (exact) mass is 254 g/mol. The van der Waals surface area contributed by atoms with Gasteiger partial charge in [0.05, 0.1) is 5.69 Å². The SMILES string of the molecule is CC(C)=CCNCc1ccc(Br)cn1. The molecule has 0 amide bonds. The van der Waals surface area contributed by atoms with Gasteiger partial charge in [-0.2, -0.15) is 0 Å². The number of rotatable bonds is 4. The maximum absolute atomic E-state index is 4.26. The molecule has 76 valence electrons. The topological polar surface area (TPSA) is 24.9 Å². The molecule has 0 aliphatic rings. The molecule has 0 fully saturated rings. The van der Waals surface area contributed by atoms with E-state index in [9.17, 15) is 0 Å². The zero-order valence-corrected chi connectivity index (χ0v) is 10.1. The van der Waals surface area contributed by atoms with Crippen LogP contribution in [-0.4, -0.2) is 11.5 Å². The minimum atomic E-state index is 0.817. The minimum Gasteiger partial charge on any atom is -0.308 e. The lowest BCUT2D eigenvalue weighted by Gasteiger charge is -2.01. The van der Waals surface area contributed by atoms with Crippen LogP contribution in [0.3, 0.4) is 0 Å². The van der Waals surface area contributed by atoms with Crippen LogP contribution >= 0.6 is 15.9 Å². The number of halogens is 1. The highest BCUT2D eigenvalue weighted by molar-refractivity contribution is 9.10. The zero-order valence-electron chi connectivity index (χ0n) is 8.55. The molecule has 1 aromatic rings. The van der Waals surface area contributed by atoms with Gasteiger partial charge >= 0.3 is 0 Å². The van der Waals surface area contributed by atoms with Crippen LogP contribution in [0.4, 0.5) is 0 Å². The van der Waals surface area contributed by atoms with Crippen molar-refractivity contribution >= 4 is 15.9 Å². The van der Waals surface area contributed by atoms with E-state index in [1.165, 1.54) is 5.57 Å². The molecule has 0 aliphatic carbocycles. The Morgan fingerprint density at radius 1 is 1.50 bits per heavy atom. The van der Waals surface area contributed by atoms with Crippen molar-refractivity contribution in [3.63, 3.8) is 0 Å². The smallest absolute Gasteiger partial charge is 0.0542 e. The van der Waals surface area contributed by atoms with Crippen molar-refractivity contribution in [3.05, 3.63) is 40.1 Å². The molecule has 1 rings (SSSR count). The van der Waals surface area contributed by atoms with Gasteiger partial charge in [-0.15, -0.1) is 0 Å². The summed E-state index contributed by atoms with van der Waals surface area (Å²) in [6, 6.07) is 4.02. The molecule has 0 spiro atoms. The standard InChI is InChI=1S/C11H15BrN2/c1-9(2)5-6-13-8-11-4-3-10(12)7-14-11/h3-5,7,13H,6,8H2,1-2H3. The minimum absolute atomic E-state index is 0.817. The second kappa shape index (κ2) is 5.94. The van der Waals surface area contributed by atoms with E-state index in [2.05, 4.69) is 46.2 Å². The van der Waals surface area contributed by atoms with Gasteiger partial charge < -0.3 is 5.32 Å². The first-order valence-electron chi connectivity index (χ1n) is 4.63. The van der Waals surface area contributed by atoms with Gasteiger partial charge in [-0.05, 0) is 41.9 Å². The molecular weight excluding hydrogens is 240 g/mol. The van der Waals surface area contributed by atoms with Gasteiger partial charge in [0, 0.05) is 23.8 Å². The molecule has 0 unspecified atom stereocenters. The second-order valence-electron chi connectivity index (χ2n) is 3.38. The summed E-state index contributed by atoms with van der Waals surface area (Å²) in [6.07, 6.45) is 3.98. The lowest BCUT2D eigenvalue weighted by molar-refractivity contribution is 0.737. The Bertz CT molecular complexity index is 300. The van der Waals surface area contributed by atoms with Crippen LogP contribution in [0, 0.1) is 0 Å². The molecule has 0 saturated carbocycles. The molecule has 1 heterocycles. The van der Waals surface area contributed by atoms with Crippen molar-refractivity contribution in [1.82, 2.24) is 10.3 Å². The number of nitrogens with zero attached hydrogens (tertiary/aromatic N) is 1. The maximum Gasteiger partial charge on any atom is 0.0542 e. The fraction of sp³-hybridized carbons (Fsp3) is 0.364. The summed E-state index contributed by atoms with van der Waals surface area (Å²) in [4.78, 5) is 4.26. The Hall–Kier alpha value is -0.670. The highest BCUT2D eigenvalue weighted by Crippen LogP contribution is 2.06. The summed E-state index contributed by atoms with van der Waals surface area (Å²) in [6.45, 7) is 5.91. The van der Waals surface area contributed by atoms with Crippen molar-refractivity contribution in [2.45, 2.75) is 20.4 Å². The van der Waals surface area contributed by atoms with Crippen LogP contribution in [0.5, 0.6) is 0 Å². The van der Waals surface area contributed by atoms with Crippen molar-refractivity contribution in [2.75, 3.05) is 6.54 Å². The van der Waals surface area contributed by atoms with E-state index in [-0.39, 0.29) is 0 Å². The summed E-state index contributed by atoms with van der Waals surface area (Å²) in [5.74, 6) is 0. The van der Waals surface area contributed by atoms with E-state index in [1.54, 1.807) is 0 Å². The first kappa shape index (κ1) is 11.4. The van der Waals surface area contributed by atoms with Gasteiger partial charge in [-0.25, -0.2) is 0 Å². The van der Waals surface area contributed by atoms with Crippen LogP contribution in [-0.2, 0) is 6.54 Å². The van der Waals surface area contributed by atoms with Gasteiger partial charge in [-0.3, -0.25) is 4.98 Å². The first-order valence-corrected chi connectivity index (χ1v) is 5.42. The molecule has 0 atom stereocenters. The van der Waals surface area contributed by atoms with E-state index >= 15 is 0 Å². The lowest BCUT2D eigenvalue weighted by atomic mass is 10.3. The molecule has 1 N–H and O–H groups in total. The molecule has 0 aliphatic heterocycles. The maximum atomic E-state index is 4.26. The van der Waals surface area contributed by atoms with Gasteiger partial charge in [0.25, 0.3) is 0 Å². The predicted octanol–water partition coefficient (Wildman–Crippen LogP) is 2.90. The third kappa shape index (κ3) is 4.53. The van der Waals surface area contributed by atoms with Crippen molar-refractivity contribution in [1.29, 1.82) is 0 Å². The average Bonchev–Trinajstić information content (AvgIpc) is 2.15. The van der Waals surface area contributed by atoms with E-state index < -0.39 is 0 Å². The van der Waals surface area contributed by atoms with Gasteiger partial charge in [0.1, 0.15) is 0 Å². The number of allylic oxidation sites excluding steroid dienone is 1. The fourth-order valence-corrected chi connectivity index (χ4v) is 1.22. The quantitative estimate of drug-likeness (QED) is 0.661. The molecule has 0 aromatic carbocycles. The molecule has 2 nitrogen and oxygen atoms in total. The van der Waals surface area contributed by atoms with Crippen molar-refractivity contribution < 1.29 is 0 Å². The second-order valence-corrected chi connectivity index (χ2v) is 4.30. The molecular formula is C11H15BrN2. The van der Waals surface area contributed by atoms with E-state index in [0.717, 1.165) is 23.3 Å². The molecule has 3 heteroatoms. The predicted molar refractivity (Wildman–Crippen MR) is 63.1 cm³/mol. The fourth-order valence-electron chi connectivity index (χ4n) is 0.988. The van der Waals surface area contributed by atoms with E-state index in [1.807, 2.05) is 18.3 Å². The van der Waals surface area contributed by atoms with Gasteiger partial charge in [-0.1, -0.05) is 11.6 Å². The Morgan fingerprint density at radius 2 is 2.29 bits per heavy atom. The largest absolute Gasteiger partial charge is 0.308 e. The van der Waals surface area contributed by atoms with Crippen molar-refractivity contribution in [3.8, 4) is 0 Å². The number of aromatic nitrogens is 1. The van der Waals surface area contributed by atoms with E-state index in [0.29, 0.717) is 0 Å². The first-order chi connectivity index (χ1) is 6.68. The third-order valence-corrected chi connectivity index (χ3v) is 2.22. The number of pyridine rings is 1. The summed E-state index contributed by atoms with van der Waals surface area (Å²) in [5, 5.41) is 3.30. The Kier molecular flexibility index (Phi) is 4.84. The van der Waals surface area contributed by atoms with Crippen LogP contribution in [0.15, 0.2) is 34.5 Å². The Morgan fingerprint density at radius 3 is 2.86 bits per heavy atom. The van der Waals surface area contributed by atoms with Gasteiger partial charge in [0.15, 0.2) is 0 Å². The average molecular weight is 255 g/mol. The van der Waals surface area contributed by atoms with Crippen molar-refractivity contribution in [2.24, 2.45) is 0 Å². The molecule has 1 aromatic heterocycles. The molecule has 0 radical (unpaired) electrons. The summed E-state index contributed by atoms with van der Waals surface area (Å²) in [5.41, 5.74) is 2.40. The Labute approximate surface area is 93.6 Å². The highest BCUT2D eigenvalue weighted by atomic mass is 79.9. The van der Waals surface area contributed by atoms with Gasteiger partial charge in [0.2, 0.25) is 0 Å². The van der Waals surface area contributed by atoms with Crippen LogP contribution < -0.4 is 5.32 Å². The number of hydrogen-bond acceptors (Lipinski definition) is 2. The van der Waals surface area contributed by atoms with Crippen LogP contribution in [0.2, 0.25) is 0 Å². The lowest BCUT2D eigenvalue weighted by Crippen LogP contribution is -2.13. The van der Waals surface area contributed by atoms with Crippen LogP contribution in [0.25, 0.3) is 0 Å². The third-order valence-electron chi connectivity index (χ3n) is 1.75.